The zero-order valence-electron chi connectivity index (χ0n) is 10.00. The SMILES string of the molecule is Nc1ccc(S(=O)Cc2c(F)ccc(Br)c2F)c(Cl)c1. The highest BCUT2D eigenvalue weighted by atomic mass is 79.9. The lowest BCUT2D eigenvalue weighted by Crippen LogP contribution is -2.03. The number of hydrogen-bond acceptors (Lipinski definition) is 2. The molecule has 0 saturated carbocycles. The molecule has 2 rings (SSSR count). The predicted octanol–water partition coefficient (Wildman–Crippen LogP) is 4.27. The van der Waals surface area contributed by atoms with Crippen LogP contribution in [-0.2, 0) is 16.6 Å². The average molecular weight is 381 g/mol. The van der Waals surface area contributed by atoms with E-state index >= 15 is 0 Å². The van der Waals surface area contributed by atoms with Crippen molar-refractivity contribution < 1.29 is 13.0 Å². The smallest absolute Gasteiger partial charge is 0.144 e. The van der Waals surface area contributed by atoms with Crippen molar-refractivity contribution in [2.45, 2.75) is 10.6 Å². The van der Waals surface area contributed by atoms with Gasteiger partial charge >= 0.3 is 0 Å². The molecular formula is C13H9BrClF2NOS. The Kier molecular flexibility index (Phi) is 4.78. The van der Waals surface area contributed by atoms with Gasteiger partial charge in [-0.2, -0.15) is 0 Å². The minimum absolute atomic E-state index is 0.120. The van der Waals surface area contributed by atoms with Gasteiger partial charge in [-0.1, -0.05) is 11.6 Å². The molecule has 0 aliphatic carbocycles. The summed E-state index contributed by atoms with van der Waals surface area (Å²) in [5, 5.41) is 0.208. The van der Waals surface area contributed by atoms with Gasteiger partial charge < -0.3 is 5.73 Å². The molecule has 20 heavy (non-hydrogen) atoms. The number of rotatable bonds is 3. The first-order chi connectivity index (χ1) is 9.40. The van der Waals surface area contributed by atoms with E-state index in [2.05, 4.69) is 15.9 Å². The Morgan fingerprint density at radius 2 is 1.95 bits per heavy atom. The first-order valence-electron chi connectivity index (χ1n) is 5.46. The number of benzene rings is 2. The van der Waals surface area contributed by atoms with Crippen LogP contribution in [0.3, 0.4) is 0 Å². The molecule has 2 nitrogen and oxygen atoms in total. The van der Waals surface area contributed by atoms with Crippen molar-refractivity contribution >= 4 is 44.0 Å². The van der Waals surface area contributed by atoms with E-state index in [1.54, 1.807) is 0 Å². The van der Waals surface area contributed by atoms with Crippen LogP contribution >= 0.6 is 27.5 Å². The summed E-state index contributed by atoms with van der Waals surface area (Å²) in [6.07, 6.45) is 0. The third kappa shape index (κ3) is 3.19. The summed E-state index contributed by atoms with van der Waals surface area (Å²) in [6.45, 7) is 0. The summed E-state index contributed by atoms with van der Waals surface area (Å²) in [4.78, 5) is 0.291. The van der Waals surface area contributed by atoms with Crippen LogP contribution in [0.5, 0.6) is 0 Å². The highest BCUT2D eigenvalue weighted by Crippen LogP contribution is 2.27. The molecule has 0 heterocycles. The number of nitrogen functional groups attached to an aromatic ring is 1. The van der Waals surface area contributed by atoms with Crippen LogP contribution in [-0.4, -0.2) is 4.21 Å². The van der Waals surface area contributed by atoms with Gasteiger partial charge in [0.05, 0.1) is 30.9 Å². The lowest BCUT2D eigenvalue weighted by Gasteiger charge is -2.08. The van der Waals surface area contributed by atoms with Gasteiger partial charge in [-0.15, -0.1) is 0 Å². The fraction of sp³-hybridized carbons (Fsp3) is 0.0769. The number of halogens is 4. The summed E-state index contributed by atoms with van der Waals surface area (Å²) >= 11 is 8.90. The molecule has 1 unspecified atom stereocenters. The Balaban J connectivity index is 2.35. The second-order valence-electron chi connectivity index (χ2n) is 4.00. The predicted molar refractivity (Wildman–Crippen MR) is 80.0 cm³/mol. The molecule has 0 saturated heterocycles. The van der Waals surface area contributed by atoms with Gasteiger partial charge in [0.15, 0.2) is 0 Å². The summed E-state index contributed by atoms with van der Waals surface area (Å²) < 4.78 is 39.8. The van der Waals surface area contributed by atoms with Gasteiger partial charge in [0, 0.05) is 11.3 Å². The first-order valence-corrected chi connectivity index (χ1v) is 7.95. The van der Waals surface area contributed by atoms with Crippen LogP contribution in [0.4, 0.5) is 14.5 Å². The molecule has 2 aromatic carbocycles. The molecule has 7 heteroatoms. The van der Waals surface area contributed by atoms with E-state index in [9.17, 15) is 13.0 Å². The fourth-order valence-corrected chi connectivity index (χ4v) is 3.61. The third-order valence-electron chi connectivity index (χ3n) is 2.62. The Bertz CT molecular complexity index is 696. The molecule has 0 aliphatic heterocycles. The Morgan fingerprint density at radius 1 is 1.25 bits per heavy atom. The van der Waals surface area contributed by atoms with Crippen LogP contribution in [0, 0.1) is 11.6 Å². The maximum absolute atomic E-state index is 13.8. The van der Waals surface area contributed by atoms with E-state index in [0.29, 0.717) is 10.6 Å². The van der Waals surface area contributed by atoms with Crippen LogP contribution in [0.1, 0.15) is 5.56 Å². The highest BCUT2D eigenvalue weighted by Gasteiger charge is 2.17. The van der Waals surface area contributed by atoms with Gasteiger partial charge in [-0.25, -0.2) is 8.78 Å². The normalized spacial score (nSPS) is 12.4. The largest absolute Gasteiger partial charge is 0.399 e. The second-order valence-corrected chi connectivity index (χ2v) is 6.68. The zero-order valence-corrected chi connectivity index (χ0v) is 13.2. The van der Waals surface area contributed by atoms with Crippen molar-refractivity contribution in [3.63, 3.8) is 0 Å². The van der Waals surface area contributed by atoms with E-state index in [4.69, 9.17) is 17.3 Å². The Labute approximate surface area is 130 Å². The molecule has 0 bridgehead atoms. The van der Waals surface area contributed by atoms with E-state index in [0.717, 1.165) is 6.07 Å². The maximum Gasteiger partial charge on any atom is 0.144 e. The molecule has 0 radical (unpaired) electrons. The van der Waals surface area contributed by atoms with Gasteiger partial charge in [-0.3, -0.25) is 4.21 Å². The average Bonchev–Trinajstić information content (AvgIpc) is 2.39. The van der Waals surface area contributed by atoms with Crippen molar-refractivity contribution in [3.05, 3.63) is 57.0 Å². The first kappa shape index (κ1) is 15.4. The monoisotopic (exact) mass is 379 g/mol. The zero-order chi connectivity index (χ0) is 14.9. The van der Waals surface area contributed by atoms with Gasteiger partial charge in [0.25, 0.3) is 0 Å². The lowest BCUT2D eigenvalue weighted by molar-refractivity contribution is 0.560. The van der Waals surface area contributed by atoms with Crippen LogP contribution < -0.4 is 5.73 Å². The van der Waals surface area contributed by atoms with Gasteiger partial charge in [0.2, 0.25) is 0 Å². The van der Waals surface area contributed by atoms with Crippen LogP contribution in [0.25, 0.3) is 0 Å². The van der Waals surface area contributed by atoms with Crippen LogP contribution in [0.2, 0.25) is 5.02 Å². The molecule has 2 N–H and O–H groups in total. The van der Waals surface area contributed by atoms with Crippen molar-refractivity contribution in [2.75, 3.05) is 5.73 Å². The van der Waals surface area contributed by atoms with Crippen molar-refractivity contribution in [1.82, 2.24) is 0 Å². The third-order valence-corrected chi connectivity index (χ3v) is 5.05. The van der Waals surface area contributed by atoms with Crippen molar-refractivity contribution in [2.24, 2.45) is 0 Å². The van der Waals surface area contributed by atoms with E-state index in [1.165, 1.54) is 24.3 Å². The minimum Gasteiger partial charge on any atom is -0.399 e. The van der Waals surface area contributed by atoms with E-state index < -0.39 is 22.4 Å². The molecule has 106 valence electrons. The Hall–Kier alpha value is -0.980. The van der Waals surface area contributed by atoms with E-state index in [1.807, 2.05) is 0 Å². The molecule has 0 fully saturated rings. The fourth-order valence-electron chi connectivity index (χ4n) is 1.61. The standard InChI is InChI=1S/C13H9BrClF2NOS/c14-9-2-3-11(16)8(13(9)17)6-20(19)12-4-1-7(18)5-10(12)15/h1-5H,6,18H2. The quantitative estimate of drug-likeness (QED) is 0.638. The molecule has 0 aromatic heterocycles. The molecule has 2 aromatic rings. The van der Waals surface area contributed by atoms with Crippen molar-refractivity contribution in [3.8, 4) is 0 Å². The molecule has 0 amide bonds. The van der Waals surface area contributed by atoms with Crippen LogP contribution in [0.15, 0.2) is 39.7 Å². The molecular weight excluding hydrogens is 372 g/mol. The van der Waals surface area contributed by atoms with Gasteiger partial charge in [0.1, 0.15) is 11.6 Å². The highest BCUT2D eigenvalue weighted by molar-refractivity contribution is 9.10. The maximum atomic E-state index is 13.8. The summed E-state index contributed by atoms with van der Waals surface area (Å²) in [6, 6.07) is 6.84. The number of nitrogens with two attached hydrogens (primary N) is 1. The number of hydrogen-bond donors (Lipinski definition) is 1. The summed E-state index contributed by atoms with van der Waals surface area (Å²) in [5.74, 6) is -1.81. The molecule has 0 spiro atoms. The lowest BCUT2D eigenvalue weighted by atomic mass is 10.2. The Morgan fingerprint density at radius 3 is 2.60 bits per heavy atom. The van der Waals surface area contributed by atoms with Gasteiger partial charge in [-0.05, 0) is 46.3 Å². The molecule has 1 atom stereocenters. The van der Waals surface area contributed by atoms with Crippen molar-refractivity contribution in [1.29, 1.82) is 0 Å². The molecule has 0 aliphatic rings. The minimum atomic E-state index is -1.67. The van der Waals surface area contributed by atoms with E-state index in [-0.39, 0.29) is 20.8 Å². The topological polar surface area (TPSA) is 43.1 Å². The summed E-state index contributed by atoms with van der Waals surface area (Å²) in [7, 11) is -1.67. The summed E-state index contributed by atoms with van der Waals surface area (Å²) in [5.41, 5.74) is 5.72. The second kappa shape index (κ2) is 6.20. The number of anilines is 1.